The molecule has 0 unspecified atom stereocenters. The molecule has 1 aliphatic heterocycles. The van der Waals surface area contributed by atoms with Crippen LogP contribution in [0, 0.1) is 12.8 Å². The van der Waals surface area contributed by atoms with Crippen molar-refractivity contribution >= 4 is 40.2 Å². The standard InChI is InChI=1S/C27H26ClN5O2/c1-18-4-6-19(7-5-18)17-33-24-23(3-2-14-29-24)31-25(27(33)35)32-15-12-20(13-16-32)26(34)30-22-10-8-21(28)9-11-22/h2-11,14,20H,12-13,15-17H2,1H3,(H,30,34). The van der Waals surface area contributed by atoms with Gasteiger partial charge >= 0.3 is 0 Å². The van der Waals surface area contributed by atoms with Gasteiger partial charge in [0.05, 0.1) is 6.54 Å². The number of hydrogen-bond donors (Lipinski definition) is 1. The minimum atomic E-state index is -0.166. The van der Waals surface area contributed by atoms with E-state index in [0.717, 1.165) is 11.3 Å². The Morgan fingerprint density at radius 2 is 1.77 bits per heavy atom. The summed E-state index contributed by atoms with van der Waals surface area (Å²) in [5, 5.41) is 3.59. The second-order valence-corrected chi connectivity index (χ2v) is 9.35. The number of hydrogen-bond acceptors (Lipinski definition) is 5. The van der Waals surface area contributed by atoms with Crippen molar-refractivity contribution in [1.29, 1.82) is 0 Å². The van der Waals surface area contributed by atoms with Crippen LogP contribution in [0.4, 0.5) is 11.5 Å². The zero-order valence-corrected chi connectivity index (χ0v) is 20.2. The highest BCUT2D eigenvalue weighted by molar-refractivity contribution is 6.30. The molecule has 0 aliphatic carbocycles. The number of aromatic nitrogens is 3. The van der Waals surface area contributed by atoms with Crippen LogP contribution in [0.2, 0.25) is 5.02 Å². The molecule has 8 heteroatoms. The molecule has 2 aromatic carbocycles. The average molecular weight is 488 g/mol. The molecule has 1 fully saturated rings. The first-order valence-corrected chi connectivity index (χ1v) is 12.1. The summed E-state index contributed by atoms with van der Waals surface area (Å²) in [6.07, 6.45) is 2.97. The van der Waals surface area contributed by atoms with Crippen molar-refractivity contribution in [2.24, 2.45) is 5.92 Å². The number of halogens is 1. The van der Waals surface area contributed by atoms with Gasteiger partial charge in [-0.1, -0.05) is 41.4 Å². The quantitative estimate of drug-likeness (QED) is 0.443. The largest absolute Gasteiger partial charge is 0.352 e. The Kier molecular flexibility index (Phi) is 6.51. The number of pyridine rings is 1. The second-order valence-electron chi connectivity index (χ2n) is 8.92. The lowest BCUT2D eigenvalue weighted by Gasteiger charge is -2.32. The van der Waals surface area contributed by atoms with Crippen molar-refractivity contribution in [2.45, 2.75) is 26.3 Å². The molecule has 7 nitrogen and oxygen atoms in total. The van der Waals surface area contributed by atoms with E-state index in [1.165, 1.54) is 5.56 Å². The molecule has 0 bridgehead atoms. The number of anilines is 2. The Balaban J connectivity index is 1.36. The number of nitrogens with zero attached hydrogens (tertiary/aromatic N) is 4. The predicted octanol–water partition coefficient (Wildman–Crippen LogP) is 4.66. The van der Waals surface area contributed by atoms with E-state index in [1.54, 1.807) is 35.0 Å². The van der Waals surface area contributed by atoms with Gasteiger partial charge in [-0.3, -0.25) is 14.2 Å². The monoisotopic (exact) mass is 487 g/mol. The van der Waals surface area contributed by atoms with Crippen LogP contribution in [0.15, 0.2) is 71.7 Å². The van der Waals surface area contributed by atoms with Gasteiger partial charge in [-0.15, -0.1) is 0 Å². The highest BCUT2D eigenvalue weighted by Gasteiger charge is 2.28. The third kappa shape index (κ3) is 5.05. The molecule has 178 valence electrons. The zero-order valence-electron chi connectivity index (χ0n) is 19.4. The Labute approximate surface area is 208 Å². The molecular weight excluding hydrogens is 462 g/mol. The Hall–Kier alpha value is -3.71. The van der Waals surface area contributed by atoms with Crippen LogP contribution in [0.3, 0.4) is 0 Å². The number of amides is 1. The number of rotatable bonds is 5. The molecule has 0 spiro atoms. The minimum absolute atomic E-state index is 0.0144. The van der Waals surface area contributed by atoms with Crippen molar-refractivity contribution in [1.82, 2.24) is 14.5 Å². The second kappa shape index (κ2) is 9.88. The highest BCUT2D eigenvalue weighted by Crippen LogP contribution is 2.23. The summed E-state index contributed by atoms with van der Waals surface area (Å²) in [6, 6.07) is 18.9. The maximum absolute atomic E-state index is 13.6. The number of fused-ring (bicyclic) bond motifs is 1. The van der Waals surface area contributed by atoms with Crippen LogP contribution in [0.1, 0.15) is 24.0 Å². The first-order valence-electron chi connectivity index (χ1n) is 11.7. The third-order valence-corrected chi connectivity index (χ3v) is 6.67. The van der Waals surface area contributed by atoms with Crippen LogP contribution in [0.25, 0.3) is 11.2 Å². The Bertz CT molecular complexity index is 1410. The smallest absolute Gasteiger partial charge is 0.295 e. The molecule has 2 aromatic heterocycles. The third-order valence-electron chi connectivity index (χ3n) is 6.42. The molecule has 4 aromatic rings. The Morgan fingerprint density at radius 3 is 2.49 bits per heavy atom. The van der Waals surface area contributed by atoms with Crippen LogP contribution >= 0.6 is 11.6 Å². The minimum Gasteiger partial charge on any atom is -0.352 e. The summed E-state index contributed by atoms with van der Waals surface area (Å²) < 4.78 is 1.70. The molecule has 5 rings (SSSR count). The van der Waals surface area contributed by atoms with Crippen molar-refractivity contribution in [2.75, 3.05) is 23.3 Å². The van der Waals surface area contributed by atoms with E-state index in [0.29, 0.717) is 54.5 Å². The summed E-state index contributed by atoms with van der Waals surface area (Å²) >= 11 is 5.93. The number of carbonyl (C=O) groups excluding carboxylic acids is 1. The molecule has 0 saturated carbocycles. The molecule has 1 N–H and O–H groups in total. The van der Waals surface area contributed by atoms with Gasteiger partial charge in [-0.25, -0.2) is 9.97 Å². The van der Waals surface area contributed by atoms with Gasteiger partial charge in [-0.2, -0.15) is 0 Å². The molecule has 0 atom stereocenters. The number of benzene rings is 2. The lowest BCUT2D eigenvalue weighted by atomic mass is 9.96. The maximum Gasteiger partial charge on any atom is 0.295 e. The van der Waals surface area contributed by atoms with E-state index >= 15 is 0 Å². The molecule has 3 heterocycles. The zero-order chi connectivity index (χ0) is 24.4. The SMILES string of the molecule is Cc1ccc(Cn2c(=O)c(N3CCC(C(=O)Nc4ccc(Cl)cc4)CC3)nc3cccnc32)cc1. The molecule has 1 saturated heterocycles. The summed E-state index contributed by atoms with van der Waals surface area (Å²) in [5.74, 6) is 0.271. The van der Waals surface area contributed by atoms with Gasteiger partial charge in [0.2, 0.25) is 5.91 Å². The van der Waals surface area contributed by atoms with Gasteiger partial charge in [0, 0.05) is 35.9 Å². The first-order chi connectivity index (χ1) is 17.0. The summed E-state index contributed by atoms with van der Waals surface area (Å²) in [5.41, 5.74) is 4.00. The van der Waals surface area contributed by atoms with E-state index in [2.05, 4.69) is 15.3 Å². The topological polar surface area (TPSA) is 80.1 Å². The van der Waals surface area contributed by atoms with Crippen LogP contribution in [0.5, 0.6) is 0 Å². The molecular formula is C27H26ClN5O2. The van der Waals surface area contributed by atoms with Crippen molar-refractivity contribution in [3.63, 3.8) is 0 Å². The number of nitrogens with one attached hydrogen (secondary N) is 1. The van der Waals surface area contributed by atoms with Crippen LogP contribution in [-0.4, -0.2) is 33.5 Å². The highest BCUT2D eigenvalue weighted by atomic mass is 35.5. The predicted molar refractivity (Wildman–Crippen MR) is 139 cm³/mol. The fourth-order valence-corrected chi connectivity index (χ4v) is 4.55. The average Bonchev–Trinajstić information content (AvgIpc) is 2.88. The van der Waals surface area contributed by atoms with Crippen molar-refractivity contribution in [3.8, 4) is 0 Å². The van der Waals surface area contributed by atoms with Crippen LogP contribution < -0.4 is 15.8 Å². The van der Waals surface area contributed by atoms with E-state index in [4.69, 9.17) is 11.6 Å². The van der Waals surface area contributed by atoms with Gasteiger partial charge in [0.1, 0.15) is 5.52 Å². The normalized spacial score (nSPS) is 14.3. The van der Waals surface area contributed by atoms with Crippen molar-refractivity contribution < 1.29 is 4.79 Å². The number of carbonyl (C=O) groups is 1. The van der Waals surface area contributed by atoms with Gasteiger partial charge < -0.3 is 10.2 Å². The lowest BCUT2D eigenvalue weighted by molar-refractivity contribution is -0.120. The van der Waals surface area contributed by atoms with Crippen molar-refractivity contribution in [3.05, 3.63) is 93.4 Å². The maximum atomic E-state index is 13.6. The van der Waals surface area contributed by atoms with E-state index in [-0.39, 0.29) is 17.4 Å². The van der Waals surface area contributed by atoms with Gasteiger partial charge in [0.25, 0.3) is 5.56 Å². The van der Waals surface area contributed by atoms with E-state index in [1.807, 2.05) is 48.2 Å². The van der Waals surface area contributed by atoms with E-state index in [9.17, 15) is 9.59 Å². The number of aryl methyl sites for hydroxylation is 1. The fourth-order valence-electron chi connectivity index (χ4n) is 4.42. The summed E-state index contributed by atoms with van der Waals surface area (Å²) in [6.45, 7) is 3.62. The first kappa shape index (κ1) is 23.1. The van der Waals surface area contributed by atoms with Gasteiger partial charge in [-0.05, 0) is 61.7 Å². The molecule has 1 amide bonds. The Morgan fingerprint density at radius 1 is 1.06 bits per heavy atom. The molecule has 35 heavy (non-hydrogen) atoms. The lowest BCUT2D eigenvalue weighted by Crippen LogP contribution is -2.42. The van der Waals surface area contributed by atoms with Gasteiger partial charge in [0.15, 0.2) is 11.5 Å². The van der Waals surface area contributed by atoms with E-state index < -0.39 is 0 Å². The number of piperidine rings is 1. The van der Waals surface area contributed by atoms with Crippen LogP contribution in [-0.2, 0) is 11.3 Å². The summed E-state index contributed by atoms with van der Waals surface area (Å²) in [4.78, 5) is 37.4. The summed E-state index contributed by atoms with van der Waals surface area (Å²) in [7, 11) is 0. The molecule has 0 radical (unpaired) electrons. The molecule has 1 aliphatic rings. The fraction of sp³-hybridized carbons (Fsp3) is 0.259.